The summed E-state index contributed by atoms with van der Waals surface area (Å²) >= 11 is 0. The van der Waals surface area contributed by atoms with E-state index in [1.165, 1.54) is 36.8 Å². The molecule has 134 valence electrons. The first-order chi connectivity index (χ1) is 11.8. The van der Waals surface area contributed by atoms with Crippen LogP contribution in [-0.4, -0.2) is 32.5 Å². The van der Waals surface area contributed by atoms with Crippen molar-refractivity contribution in [3.05, 3.63) is 34.9 Å². The van der Waals surface area contributed by atoms with Gasteiger partial charge in [-0.15, -0.1) is 0 Å². The number of aryl methyl sites for hydroxylation is 1. The van der Waals surface area contributed by atoms with Crippen molar-refractivity contribution in [2.24, 2.45) is 11.7 Å². The van der Waals surface area contributed by atoms with Crippen LogP contribution in [-0.2, 0) is 22.3 Å². The maximum atomic E-state index is 6.08. The van der Waals surface area contributed by atoms with E-state index in [-0.39, 0.29) is 0 Å². The molecule has 3 atom stereocenters. The molecule has 2 aliphatic rings. The molecule has 3 heteroatoms. The molecule has 3 nitrogen and oxygen atoms in total. The van der Waals surface area contributed by atoms with Crippen LogP contribution in [0.5, 0.6) is 0 Å². The largest absolute Gasteiger partial charge is 0.379 e. The van der Waals surface area contributed by atoms with E-state index in [2.05, 4.69) is 25.1 Å². The minimum Gasteiger partial charge on any atom is -0.379 e. The molecule has 0 heterocycles. The molecule has 0 bridgehead atoms. The molecule has 0 saturated heterocycles. The molecule has 0 aliphatic heterocycles. The van der Waals surface area contributed by atoms with Crippen LogP contribution in [0.2, 0.25) is 0 Å². The fourth-order valence-corrected chi connectivity index (χ4v) is 4.18. The average molecular weight is 332 g/mol. The van der Waals surface area contributed by atoms with E-state index < -0.39 is 0 Å². The zero-order valence-corrected chi connectivity index (χ0v) is 15.1. The molecule has 0 amide bonds. The average Bonchev–Trinajstić information content (AvgIpc) is 3.04. The van der Waals surface area contributed by atoms with Crippen LogP contribution in [0.4, 0.5) is 0 Å². The van der Waals surface area contributed by atoms with Gasteiger partial charge in [0.05, 0.1) is 13.2 Å². The summed E-state index contributed by atoms with van der Waals surface area (Å²) in [5, 5.41) is 0. The number of nitrogens with two attached hydrogens (primary N) is 1. The Morgan fingerprint density at radius 2 is 1.92 bits per heavy atom. The minimum absolute atomic E-state index is 0.411. The standard InChI is InChI=1S/C21H33NO2/c1-2-9-23-10-11-24-15-16-3-4-18-13-19(6-5-17(18)12-16)20-7-8-21(22)14-20/h5-6,13,16,20-21H,2-4,7-12,14-15,22H2,1H3/t16-,20?,21?/m0/s1. The Hall–Kier alpha value is -0.900. The maximum Gasteiger partial charge on any atom is 0.0700 e. The smallest absolute Gasteiger partial charge is 0.0700 e. The highest BCUT2D eigenvalue weighted by atomic mass is 16.5. The van der Waals surface area contributed by atoms with Gasteiger partial charge in [-0.05, 0) is 73.5 Å². The summed E-state index contributed by atoms with van der Waals surface area (Å²) in [6.07, 6.45) is 8.29. The van der Waals surface area contributed by atoms with Crippen molar-refractivity contribution >= 4 is 0 Å². The van der Waals surface area contributed by atoms with Gasteiger partial charge in [0.25, 0.3) is 0 Å². The minimum atomic E-state index is 0.411. The highest BCUT2D eigenvalue weighted by molar-refractivity contribution is 5.36. The van der Waals surface area contributed by atoms with Gasteiger partial charge in [-0.2, -0.15) is 0 Å². The van der Waals surface area contributed by atoms with Gasteiger partial charge in [-0.25, -0.2) is 0 Å². The third kappa shape index (κ3) is 4.81. The Bertz CT molecular complexity index is 517. The summed E-state index contributed by atoms with van der Waals surface area (Å²) < 4.78 is 11.3. The fraction of sp³-hybridized carbons (Fsp3) is 0.714. The highest BCUT2D eigenvalue weighted by Crippen LogP contribution is 2.36. The van der Waals surface area contributed by atoms with Crippen LogP contribution in [0.25, 0.3) is 0 Å². The molecular formula is C21H33NO2. The van der Waals surface area contributed by atoms with Crippen molar-refractivity contribution in [2.75, 3.05) is 26.4 Å². The van der Waals surface area contributed by atoms with Gasteiger partial charge in [-0.3, -0.25) is 0 Å². The van der Waals surface area contributed by atoms with Crippen LogP contribution in [0.1, 0.15) is 61.6 Å². The molecule has 2 aliphatic carbocycles. The number of hydrogen-bond donors (Lipinski definition) is 1. The van der Waals surface area contributed by atoms with Crippen molar-refractivity contribution in [1.82, 2.24) is 0 Å². The van der Waals surface area contributed by atoms with E-state index in [0.717, 1.165) is 45.7 Å². The molecule has 0 aromatic heterocycles. The van der Waals surface area contributed by atoms with Gasteiger partial charge >= 0.3 is 0 Å². The SMILES string of the molecule is CCCOCCOC[C@H]1CCc2cc(C3CCC(N)C3)ccc2C1. The van der Waals surface area contributed by atoms with Gasteiger partial charge in [0.15, 0.2) is 0 Å². The summed E-state index contributed by atoms with van der Waals surface area (Å²) in [6.45, 7) is 5.30. The van der Waals surface area contributed by atoms with Crippen LogP contribution in [0, 0.1) is 5.92 Å². The van der Waals surface area contributed by atoms with Crippen molar-refractivity contribution in [3.8, 4) is 0 Å². The maximum absolute atomic E-state index is 6.08. The van der Waals surface area contributed by atoms with E-state index in [9.17, 15) is 0 Å². The van der Waals surface area contributed by atoms with E-state index in [0.29, 0.717) is 17.9 Å². The second kappa shape index (κ2) is 8.98. The Balaban J connectivity index is 1.46. The molecule has 2 unspecified atom stereocenters. The van der Waals surface area contributed by atoms with Crippen molar-refractivity contribution < 1.29 is 9.47 Å². The lowest BCUT2D eigenvalue weighted by Crippen LogP contribution is -2.20. The number of benzene rings is 1. The first kappa shape index (κ1) is 17.9. The van der Waals surface area contributed by atoms with Crippen LogP contribution in [0.15, 0.2) is 18.2 Å². The molecule has 1 aromatic carbocycles. The zero-order valence-electron chi connectivity index (χ0n) is 15.1. The summed E-state index contributed by atoms with van der Waals surface area (Å²) in [4.78, 5) is 0. The first-order valence-corrected chi connectivity index (χ1v) is 9.79. The third-order valence-corrected chi connectivity index (χ3v) is 5.58. The van der Waals surface area contributed by atoms with Gasteiger partial charge in [-0.1, -0.05) is 25.1 Å². The zero-order chi connectivity index (χ0) is 16.8. The number of fused-ring (bicyclic) bond motifs is 1. The highest BCUT2D eigenvalue weighted by Gasteiger charge is 2.25. The van der Waals surface area contributed by atoms with Gasteiger partial charge < -0.3 is 15.2 Å². The molecule has 2 N–H and O–H groups in total. The molecular weight excluding hydrogens is 298 g/mol. The Morgan fingerprint density at radius 3 is 2.71 bits per heavy atom. The normalized spacial score (nSPS) is 26.5. The molecule has 1 saturated carbocycles. The summed E-state index contributed by atoms with van der Waals surface area (Å²) in [6, 6.07) is 7.59. The lowest BCUT2D eigenvalue weighted by molar-refractivity contribution is 0.0316. The van der Waals surface area contributed by atoms with E-state index in [1.54, 1.807) is 5.56 Å². The lowest BCUT2D eigenvalue weighted by Gasteiger charge is -2.26. The van der Waals surface area contributed by atoms with Gasteiger partial charge in [0, 0.05) is 19.3 Å². The van der Waals surface area contributed by atoms with Crippen LogP contribution in [0.3, 0.4) is 0 Å². The summed E-state index contributed by atoms with van der Waals surface area (Å²) in [5.41, 5.74) is 10.7. The molecule has 0 spiro atoms. The third-order valence-electron chi connectivity index (χ3n) is 5.58. The Labute approximate surface area is 146 Å². The molecule has 1 fully saturated rings. The van der Waals surface area contributed by atoms with Gasteiger partial charge in [0.2, 0.25) is 0 Å². The summed E-state index contributed by atoms with van der Waals surface area (Å²) in [7, 11) is 0. The van der Waals surface area contributed by atoms with Crippen molar-refractivity contribution in [2.45, 2.75) is 63.8 Å². The van der Waals surface area contributed by atoms with Gasteiger partial charge in [0.1, 0.15) is 0 Å². The molecule has 1 aromatic rings. The molecule has 3 rings (SSSR count). The molecule has 0 radical (unpaired) electrons. The number of ether oxygens (including phenoxy) is 2. The lowest BCUT2D eigenvalue weighted by atomic mass is 9.82. The first-order valence-electron chi connectivity index (χ1n) is 9.79. The predicted molar refractivity (Wildman–Crippen MR) is 98.5 cm³/mol. The van der Waals surface area contributed by atoms with E-state index in [1.807, 2.05) is 0 Å². The quantitative estimate of drug-likeness (QED) is 0.736. The number of hydrogen-bond acceptors (Lipinski definition) is 3. The molecule has 24 heavy (non-hydrogen) atoms. The van der Waals surface area contributed by atoms with E-state index >= 15 is 0 Å². The predicted octanol–water partition coefficient (Wildman–Crippen LogP) is 3.83. The monoisotopic (exact) mass is 331 g/mol. The summed E-state index contributed by atoms with van der Waals surface area (Å²) in [5.74, 6) is 1.35. The number of rotatable bonds is 8. The second-order valence-electron chi connectivity index (χ2n) is 7.59. The van der Waals surface area contributed by atoms with Crippen LogP contribution >= 0.6 is 0 Å². The van der Waals surface area contributed by atoms with Crippen molar-refractivity contribution in [3.63, 3.8) is 0 Å². The van der Waals surface area contributed by atoms with Crippen molar-refractivity contribution in [1.29, 1.82) is 0 Å². The Kier molecular flexibility index (Phi) is 6.70. The topological polar surface area (TPSA) is 44.5 Å². The van der Waals surface area contributed by atoms with Crippen LogP contribution < -0.4 is 5.73 Å². The Morgan fingerprint density at radius 1 is 1.04 bits per heavy atom. The van der Waals surface area contributed by atoms with E-state index in [4.69, 9.17) is 15.2 Å². The fourth-order valence-electron chi connectivity index (χ4n) is 4.18. The second-order valence-corrected chi connectivity index (χ2v) is 7.59.